The number of carbonyl (C=O) groups excluding carboxylic acids is 2. The molecule has 24 heavy (non-hydrogen) atoms. The van der Waals surface area contributed by atoms with E-state index in [9.17, 15) is 9.59 Å². The van der Waals surface area contributed by atoms with E-state index in [1.54, 1.807) is 24.3 Å². The Morgan fingerprint density at radius 3 is 2.33 bits per heavy atom. The van der Waals surface area contributed by atoms with Gasteiger partial charge in [-0.15, -0.1) is 0 Å². The van der Waals surface area contributed by atoms with Crippen LogP contribution in [0.3, 0.4) is 0 Å². The van der Waals surface area contributed by atoms with E-state index in [4.69, 9.17) is 11.6 Å². The molecule has 1 fully saturated rings. The maximum absolute atomic E-state index is 12.5. The van der Waals surface area contributed by atoms with Crippen LogP contribution in [-0.2, 0) is 4.79 Å². The average molecular weight is 351 g/mol. The van der Waals surface area contributed by atoms with Gasteiger partial charge in [0.25, 0.3) is 5.91 Å². The largest absolute Gasteiger partial charge is 0.354 e. The molecule has 0 spiro atoms. The highest BCUT2D eigenvalue weighted by molar-refractivity contribution is 6.30. The molecule has 5 heteroatoms. The van der Waals surface area contributed by atoms with E-state index in [2.05, 4.69) is 10.6 Å². The molecule has 2 N–H and O–H groups in total. The summed E-state index contributed by atoms with van der Waals surface area (Å²) in [7, 11) is 0. The standard InChI is InChI=1S/C19H27ClN2O2/c1-13(2)17(19(24)21-12-14-6-4-3-5-7-14)22-18(23)15-8-10-16(20)11-9-15/h8-11,13-14,17H,3-7,12H2,1-2H3,(H,21,24)(H,22,23). The van der Waals surface area contributed by atoms with Gasteiger partial charge in [-0.2, -0.15) is 0 Å². The molecule has 1 aliphatic rings. The van der Waals surface area contributed by atoms with Crippen molar-refractivity contribution in [1.82, 2.24) is 10.6 Å². The van der Waals surface area contributed by atoms with Gasteiger partial charge >= 0.3 is 0 Å². The van der Waals surface area contributed by atoms with Crippen LogP contribution in [0.4, 0.5) is 0 Å². The highest BCUT2D eigenvalue weighted by Gasteiger charge is 2.25. The molecular weight excluding hydrogens is 324 g/mol. The minimum absolute atomic E-state index is 0.0209. The van der Waals surface area contributed by atoms with E-state index in [0.29, 0.717) is 23.0 Å². The van der Waals surface area contributed by atoms with Crippen LogP contribution in [0, 0.1) is 11.8 Å². The van der Waals surface area contributed by atoms with Crippen molar-refractivity contribution in [3.05, 3.63) is 34.9 Å². The fourth-order valence-corrected chi connectivity index (χ4v) is 3.23. The molecule has 2 rings (SSSR count). The summed E-state index contributed by atoms with van der Waals surface area (Å²) in [5.41, 5.74) is 0.505. The Balaban J connectivity index is 1.91. The average Bonchev–Trinajstić information content (AvgIpc) is 2.58. The van der Waals surface area contributed by atoms with Crippen molar-refractivity contribution < 1.29 is 9.59 Å². The Bertz CT molecular complexity index is 551. The van der Waals surface area contributed by atoms with Gasteiger partial charge < -0.3 is 10.6 Å². The van der Waals surface area contributed by atoms with Crippen molar-refractivity contribution in [3.63, 3.8) is 0 Å². The summed E-state index contributed by atoms with van der Waals surface area (Å²) in [6, 6.07) is 6.13. The van der Waals surface area contributed by atoms with Crippen LogP contribution in [0.2, 0.25) is 5.02 Å². The third-order valence-electron chi connectivity index (χ3n) is 4.63. The first-order valence-corrected chi connectivity index (χ1v) is 9.19. The van der Waals surface area contributed by atoms with Gasteiger partial charge in [0, 0.05) is 17.1 Å². The number of nitrogens with one attached hydrogen (secondary N) is 2. The maximum atomic E-state index is 12.5. The molecule has 2 amide bonds. The predicted octanol–water partition coefficient (Wildman–Crippen LogP) is 3.79. The second-order valence-electron chi connectivity index (χ2n) is 6.95. The van der Waals surface area contributed by atoms with Crippen LogP contribution >= 0.6 is 11.6 Å². The van der Waals surface area contributed by atoms with Gasteiger partial charge in [-0.1, -0.05) is 44.7 Å². The van der Waals surface area contributed by atoms with Gasteiger partial charge in [0.05, 0.1) is 0 Å². The highest BCUT2D eigenvalue weighted by atomic mass is 35.5. The molecule has 1 atom stereocenters. The number of amides is 2. The Kier molecular flexibility index (Phi) is 7.10. The van der Waals surface area contributed by atoms with Crippen LogP contribution in [-0.4, -0.2) is 24.4 Å². The number of carbonyl (C=O) groups is 2. The van der Waals surface area contributed by atoms with Crippen molar-refractivity contribution in [2.45, 2.75) is 52.0 Å². The lowest BCUT2D eigenvalue weighted by Crippen LogP contribution is -2.50. The first kappa shape index (κ1) is 18.8. The summed E-state index contributed by atoms with van der Waals surface area (Å²) in [5, 5.41) is 6.45. The fourth-order valence-electron chi connectivity index (χ4n) is 3.11. The van der Waals surface area contributed by atoms with Crippen LogP contribution < -0.4 is 10.6 Å². The predicted molar refractivity (Wildman–Crippen MR) is 97.1 cm³/mol. The summed E-state index contributed by atoms with van der Waals surface area (Å²) in [6.45, 7) is 4.58. The number of hydrogen-bond donors (Lipinski definition) is 2. The maximum Gasteiger partial charge on any atom is 0.251 e. The molecule has 0 heterocycles. The number of halogens is 1. The third kappa shape index (κ3) is 5.52. The topological polar surface area (TPSA) is 58.2 Å². The van der Waals surface area contributed by atoms with Crippen molar-refractivity contribution in [2.24, 2.45) is 11.8 Å². The first-order chi connectivity index (χ1) is 11.5. The number of benzene rings is 1. The molecule has 4 nitrogen and oxygen atoms in total. The molecular formula is C19H27ClN2O2. The SMILES string of the molecule is CC(C)C(NC(=O)c1ccc(Cl)cc1)C(=O)NCC1CCCCC1. The molecule has 0 aliphatic heterocycles. The molecule has 0 saturated heterocycles. The van der Waals surface area contributed by atoms with E-state index in [1.165, 1.54) is 32.1 Å². The van der Waals surface area contributed by atoms with Crippen molar-refractivity contribution in [3.8, 4) is 0 Å². The monoisotopic (exact) mass is 350 g/mol. The van der Waals surface area contributed by atoms with E-state index >= 15 is 0 Å². The molecule has 1 aliphatic carbocycles. The second kappa shape index (κ2) is 9.07. The van der Waals surface area contributed by atoms with Crippen LogP contribution in [0.5, 0.6) is 0 Å². The lowest BCUT2D eigenvalue weighted by atomic mass is 9.89. The Hall–Kier alpha value is -1.55. The smallest absolute Gasteiger partial charge is 0.251 e. The van der Waals surface area contributed by atoms with E-state index in [-0.39, 0.29) is 17.7 Å². The lowest BCUT2D eigenvalue weighted by molar-refractivity contribution is -0.124. The Morgan fingerprint density at radius 1 is 1.12 bits per heavy atom. The van der Waals surface area contributed by atoms with Crippen LogP contribution in [0.25, 0.3) is 0 Å². The first-order valence-electron chi connectivity index (χ1n) is 8.81. The molecule has 1 saturated carbocycles. The molecule has 1 aromatic carbocycles. The molecule has 0 radical (unpaired) electrons. The molecule has 1 aromatic rings. The Labute approximate surface area is 149 Å². The van der Waals surface area contributed by atoms with E-state index in [0.717, 1.165) is 0 Å². The quantitative estimate of drug-likeness (QED) is 0.820. The van der Waals surface area contributed by atoms with Gasteiger partial charge in [0.2, 0.25) is 5.91 Å². The number of rotatable bonds is 6. The summed E-state index contributed by atoms with van der Waals surface area (Å²) in [4.78, 5) is 24.8. The lowest BCUT2D eigenvalue weighted by Gasteiger charge is -2.25. The molecule has 1 unspecified atom stereocenters. The van der Waals surface area contributed by atoms with E-state index < -0.39 is 6.04 Å². The zero-order chi connectivity index (χ0) is 17.5. The van der Waals surface area contributed by atoms with Gasteiger partial charge in [-0.25, -0.2) is 0 Å². The minimum atomic E-state index is -0.531. The van der Waals surface area contributed by atoms with Crippen LogP contribution in [0.15, 0.2) is 24.3 Å². The highest BCUT2D eigenvalue weighted by Crippen LogP contribution is 2.22. The summed E-state index contributed by atoms with van der Waals surface area (Å²) >= 11 is 5.84. The van der Waals surface area contributed by atoms with E-state index in [1.807, 2.05) is 13.8 Å². The number of hydrogen-bond acceptors (Lipinski definition) is 2. The molecule has 132 valence electrons. The summed E-state index contributed by atoms with van der Waals surface area (Å²) in [5.74, 6) is 0.242. The molecule has 0 bridgehead atoms. The minimum Gasteiger partial charge on any atom is -0.354 e. The molecule has 0 aromatic heterocycles. The van der Waals surface area contributed by atoms with Crippen molar-refractivity contribution >= 4 is 23.4 Å². The summed E-state index contributed by atoms with van der Waals surface area (Å²) < 4.78 is 0. The second-order valence-corrected chi connectivity index (χ2v) is 7.39. The van der Waals surface area contributed by atoms with Crippen molar-refractivity contribution in [2.75, 3.05) is 6.54 Å². The normalized spacial score (nSPS) is 16.7. The fraction of sp³-hybridized carbons (Fsp3) is 0.579. The zero-order valence-corrected chi connectivity index (χ0v) is 15.2. The third-order valence-corrected chi connectivity index (χ3v) is 4.88. The van der Waals surface area contributed by atoms with Gasteiger partial charge in [0.15, 0.2) is 0 Å². The summed E-state index contributed by atoms with van der Waals surface area (Å²) in [6.07, 6.45) is 6.17. The van der Waals surface area contributed by atoms with Gasteiger partial charge in [-0.05, 0) is 48.9 Å². The van der Waals surface area contributed by atoms with Gasteiger partial charge in [-0.3, -0.25) is 9.59 Å². The van der Waals surface area contributed by atoms with Crippen molar-refractivity contribution in [1.29, 1.82) is 0 Å². The zero-order valence-electron chi connectivity index (χ0n) is 14.5. The van der Waals surface area contributed by atoms with Crippen LogP contribution in [0.1, 0.15) is 56.3 Å². The Morgan fingerprint density at radius 2 is 1.75 bits per heavy atom. The van der Waals surface area contributed by atoms with Gasteiger partial charge in [0.1, 0.15) is 6.04 Å².